The van der Waals surface area contributed by atoms with Crippen molar-refractivity contribution in [3.05, 3.63) is 59.8 Å². The quantitative estimate of drug-likeness (QED) is 0.760. The monoisotopic (exact) mass is 338 g/mol. The zero-order valence-corrected chi connectivity index (χ0v) is 13.1. The molecule has 1 amide bonds. The van der Waals surface area contributed by atoms with E-state index in [2.05, 4.69) is 10.5 Å². The summed E-state index contributed by atoms with van der Waals surface area (Å²) >= 11 is 0. The SMILES string of the molecule is O=C(Nc1ccc2c(c1)OCO2)c1cc(-c2ccc(CO)cc2)on1. The summed E-state index contributed by atoms with van der Waals surface area (Å²) in [5.74, 6) is 1.32. The summed E-state index contributed by atoms with van der Waals surface area (Å²) in [4.78, 5) is 12.3. The van der Waals surface area contributed by atoms with Crippen LogP contribution in [0.2, 0.25) is 0 Å². The number of rotatable bonds is 4. The first-order valence-electron chi connectivity index (χ1n) is 7.61. The van der Waals surface area contributed by atoms with E-state index in [1.165, 1.54) is 0 Å². The van der Waals surface area contributed by atoms with Gasteiger partial charge in [-0.15, -0.1) is 0 Å². The fraction of sp³-hybridized carbons (Fsp3) is 0.111. The molecule has 0 unspecified atom stereocenters. The highest BCUT2D eigenvalue weighted by molar-refractivity contribution is 6.03. The van der Waals surface area contributed by atoms with Crippen LogP contribution < -0.4 is 14.8 Å². The number of fused-ring (bicyclic) bond motifs is 1. The number of anilines is 1. The molecule has 4 rings (SSSR count). The molecule has 0 fully saturated rings. The van der Waals surface area contributed by atoms with Gasteiger partial charge >= 0.3 is 0 Å². The van der Waals surface area contributed by atoms with Gasteiger partial charge in [-0.3, -0.25) is 4.79 Å². The maximum absolute atomic E-state index is 12.3. The van der Waals surface area contributed by atoms with Crippen molar-refractivity contribution in [1.82, 2.24) is 5.16 Å². The number of carbonyl (C=O) groups is 1. The van der Waals surface area contributed by atoms with Crippen LogP contribution >= 0.6 is 0 Å². The molecule has 7 heteroatoms. The molecule has 126 valence electrons. The van der Waals surface area contributed by atoms with Gasteiger partial charge in [-0.25, -0.2) is 0 Å². The molecule has 0 atom stereocenters. The van der Waals surface area contributed by atoms with Gasteiger partial charge in [0.05, 0.1) is 6.61 Å². The van der Waals surface area contributed by atoms with Crippen LogP contribution in [0.1, 0.15) is 16.1 Å². The first-order chi connectivity index (χ1) is 12.2. The summed E-state index contributed by atoms with van der Waals surface area (Å²) in [5, 5.41) is 15.6. The van der Waals surface area contributed by atoms with E-state index >= 15 is 0 Å². The minimum absolute atomic E-state index is 0.0279. The Balaban J connectivity index is 1.50. The first kappa shape index (κ1) is 15.2. The van der Waals surface area contributed by atoms with Crippen LogP contribution in [0.5, 0.6) is 11.5 Å². The van der Waals surface area contributed by atoms with Gasteiger partial charge in [-0.05, 0) is 17.7 Å². The molecule has 0 saturated heterocycles. The summed E-state index contributed by atoms with van der Waals surface area (Å²) < 4.78 is 15.8. The Morgan fingerprint density at radius 3 is 2.68 bits per heavy atom. The molecule has 0 saturated carbocycles. The molecule has 25 heavy (non-hydrogen) atoms. The molecule has 2 aromatic carbocycles. The second kappa shape index (κ2) is 6.29. The summed E-state index contributed by atoms with van der Waals surface area (Å²) in [6.07, 6.45) is 0. The summed E-state index contributed by atoms with van der Waals surface area (Å²) in [6.45, 7) is 0.147. The molecule has 1 aromatic heterocycles. The third-order valence-corrected chi connectivity index (χ3v) is 3.79. The third kappa shape index (κ3) is 3.05. The number of nitrogens with zero attached hydrogens (tertiary/aromatic N) is 1. The Bertz CT molecular complexity index is 917. The van der Waals surface area contributed by atoms with Crippen LogP contribution in [0.4, 0.5) is 5.69 Å². The number of aromatic nitrogens is 1. The maximum Gasteiger partial charge on any atom is 0.277 e. The second-order valence-electron chi connectivity index (χ2n) is 5.45. The van der Waals surface area contributed by atoms with Crippen molar-refractivity contribution in [2.75, 3.05) is 12.1 Å². The zero-order chi connectivity index (χ0) is 17.2. The molecule has 1 aliphatic heterocycles. The predicted molar refractivity (Wildman–Crippen MR) is 88.4 cm³/mol. The van der Waals surface area contributed by atoms with Gasteiger partial charge in [0.25, 0.3) is 5.91 Å². The largest absolute Gasteiger partial charge is 0.454 e. The number of nitrogens with one attached hydrogen (secondary N) is 1. The molecule has 7 nitrogen and oxygen atoms in total. The molecule has 0 bridgehead atoms. The molecular formula is C18H14N2O5. The average molecular weight is 338 g/mol. The topological polar surface area (TPSA) is 93.8 Å². The van der Waals surface area contributed by atoms with Crippen molar-refractivity contribution in [2.45, 2.75) is 6.61 Å². The highest BCUT2D eigenvalue weighted by Crippen LogP contribution is 2.34. The Morgan fingerprint density at radius 1 is 1.08 bits per heavy atom. The minimum Gasteiger partial charge on any atom is -0.454 e. The van der Waals surface area contributed by atoms with E-state index in [9.17, 15) is 4.79 Å². The smallest absolute Gasteiger partial charge is 0.277 e. The van der Waals surface area contributed by atoms with Crippen molar-refractivity contribution in [1.29, 1.82) is 0 Å². The lowest BCUT2D eigenvalue weighted by Gasteiger charge is -2.03. The highest BCUT2D eigenvalue weighted by Gasteiger charge is 2.17. The second-order valence-corrected chi connectivity index (χ2v) is 5.45. The van der Waals surface area contributed by atoms with Crippen molar-refractivity contribution >= 4 is 11.6 Å². The lowest BCUT2D eigenvalue weighted by atomic mass is 10.1. The lowest BCUT2D eigenvalue weighted by molar-refractivity contribution is 0.101. The maximum atomic E-state index is 12.3. The van der Waals surface area contributed by atoms with E-state index in [1.54, 1.807) is 48.5 Å². The van der Waals surface area contributed by atoms with Gasteiger partial charge in [0, 0.05) is 23.4 Å². The molecule has 0 radical (unpaired) electrons. The molecule has 2 N–H and O–H groups in total. The van der Waals surface area contributed by atoms with Crippen LogP contribution in [0.3, 0.4) is 0 Å². The zero-order valence-electron chi connectivity index (χ0n) is 13.1. The molecule has 3 aromatic rings. The predicted octanol–water partition coefficient (Wildman–Crippen LogP) is 2.81. The fourth-order valence-corrected chi connectivity index (χ4v) is 2.46. The van der Waals surface area contributed by atoms with Gasteiger partial charge in [0.2, 0.25) is 6.79 Å². The number of hydrogen-bond acceptors (Lipinski definition) is 6. The van der Waals surface area contributed by atoms with Gasteiger partial charge in [0.1, 0.15) is 0 Å². The number of aliphatic hydroxyl groups excluding tert-OH is 1. The number of carbonyl (C=O) groups excluding carboxylic acids is 1. The number of benzene rings is 2. The molecular weight excluding hydrogens is 324 g/mol. The van der Waals surface area contributed by atoms with E-state index < -0.39 is 0 Å². The Hall–Kier alpha value is -3.32. The van der Waals surface area contributed by atoms with E-state index in [0.717, 1.165) is 11.1 Å². The van der Waals surface area contributed by atoms with Crippen LogP contribution in [-0.4, -0.2) is 23.0 Å². The summed E-state index contributed by atoms with van der Waals surface area (Å²) in [5.41, 5.74) is 2.31. The van der Waals surface area contributed by atoms with Gasteiger partial charge in [-0.2, -0.15) is 0 Å². The first-order valence-corrected chi connectivity index (χ1v) is 7.61. The number of amides is 1. The van der Waals surface area contributed by atoms with E-state index in [4.69, 9.17) is 19.1 Å². The van der Waals surface area contributed by atoms with Crippen LogP contribution in [0.15, 0.2) is 53.1 Å². The average Bonchev–Trinajstić information content (AvgIpc) is 3.31. The Kier molecular flexibility index (Phi) is 3.83. The Morgan fingerprint density at radius 2 is 1.88 bits per heavy atom. The summed E-state index contributed by atoms with van der Waals surface area (Å²) in [7, 11) is 0. The molecule has 1 aliphatic rings. The molecule has 0 spiro atoms. The van der Waals surface area contributed by atoms with Gasteiger partial charge < -0.3 is 24.4 Å². The van der Waals surface area contributed by atoms with Crippen LogP contribution in [-0.2, 0) is 6.61 Å². The van der Waals surface area contributed by atoms with Crippen LogP contribution in [0, 0.1) is 0 Å². The highest BCUT2D eigenvalue weighted by atomic mass is 16.7. The minimum atomic E-state index is -0.388. The van der Waals surface area contributed by atoms with Crippen molar-refractivity contribution in [3.8, 4) is 22.8 Å². The van der Waals surface area contributed by atoms with E-state index in [0.29, 0.717) is 22.9 Å². The van der Waals surface area contributed by atoms with Crippen molar-refractivity contribution in [2.24, 2.45) is 0 Å². The molecule has 0 aliphatic carbocycles. The third-order valence-electron chi connectivity index (χ3n) is 3.79. The fourth-order valence-electron chi connectivity index (χ4n) is 2.46. The summed E-state index contributed by atoms with van der Waals surface area (Å²) in [6, 6.07) is 13.9. The standard InChI is InChI=1S/C18H14N2O5/c21-9-11-1-3-12(4-2-11)16-8-14(20-25-16)18(22)19-13-5-6-15-17(7-13)24-10-23-15/h1-8,21H,9-10H2,(H,19,22). The lowest BCUT2D eigenvalue weighted by Crippen LogP contribution is -2.12. The Labute approximate surface area is 142 Å². The van der Waals surface area contributed by atoms with E-state index in [-0.39, 0.29) is 25.0 Å². The van der Waals surface area contributed by atoms with Gasteiger partial charge in [0.15, 0.2) is 23.0 Å². The number of hydrogen-bond donors (Lipinski definition) is 2. The van der Waals surface area contributed by atoms with Crippen molar-refractivity contribution < 1.29 is 23.9 Å². The number of aliphatic hydroxyl groups is 1. The normalized spacial score (nSPS) is 12.2. The van der Waals surface area contributed by atoms with Crippen LogP contribution in [0.25, 0.3) is 11.3 Å². The van der Waals surface area contributed by atoms with E-state index in [1.807, 2.05) is 0 Å². The molecule has 2 heterocycles. The van der Waals surface area contributed by atoms with Gasteiger partial charge in [-0.1, -0.05) is 29.4 Å². The number of ether oxygens (including phenoxy) is 2. The van der Waals surface area contributed by atoms with Crippen molar-refractivity contribution in [3.63, 3.8) is 0 Å².